The van der Waals surface area contributed by atoms with Crippen LogP contribution >= 0.6 is 11.3 Å². The standard InChI is InChI=1S/C17H20N6OS/c1-23-7-2-3-10(9-23)19-17-20-16(18)14(21-22-17)12-4-5-13-11(15(12)24)6-8-25-13/h4-6,8,10,24H,2-3,7,9H2,1H3,(H3,18,19,20,22)/t10-/m1/s1. The summed E-state index contributed by atoms with van der Waals surface area (Å²) in [6.45, 7) is 2.06. The number of nitrogens with one attached hydrogen (secondary N) is 1. The Morgan fingerprint density at radius 2 is 2.20 bits per heavy atom. The molecule has 1 saturated heterocycles. The number of nitrogens with two attached hydrogens (primary N) is 1. The van der Waals surface area contributed by atoms with Crippen LogP contribution in [0.25, 0.3) is 21.3 Å². The lowest BCUT2D eigenvalue weighted by atomic mass is 10.1. The minimum Gasteiger partial charge on any atom is -0.507 e. The van der Waals surface area contributed by atoms with Crippen molar-refractivity contribution < 1.29 is 5.11 Å². The Morgan fingerprint density at radius 3 is 3.00 bits per heavy atom. The largest absolute Gasteiger partial charge is 0.507 e. The van der Waals surface area contributed by atoms with E-state index in [1.807, 2.05) is 17.5 Å². The van der Waals surface area contributed by atoms with E-state index in [1.165, 1.54) is 0 Å². The van der Waals surface area contributed by atoms with Gasteiger partial charge in [0, 0.05) is 28.2 Å². The minimum atomic E-state index is 0.163. The molecule has 0 unspecified atom stereocenters. The number of fused-ring (bicyclic) bond motifs is 1. The number of nitrogens with zero attached hydrogens (tertiary/aromatic N) is 4. The van der Waals surface area contributed by atoms with Gasteiger partial charge in [-0.3, -0.25) is 0 Å². The highest BCUT2D eigenvalue weighted by atomic mass is 32.1. The lowest BCUT2D eigenvalue weighted by Gasteiger charge is -2.30. The van der Waals surface area contributed by atoms with Gasteiger partial charge >= 0.3 is 0 Å². The number of anilines is 2. The zero-order valence-electron chi connectivity index (χ0n) is 13.9. The molecule has 1 fully saturated rings. The maximum atomic E-state index is 10.5. The first-order valence-corrected chi connectivity index (χ1v) is 9.14. The number of thiophene rings is 1. The number of benzene rings is 1. The maximum Gasteiger partial charge on any atom is 0.244 e. The zero-order chi connectivity index (χ0) is 17.4. The molecule has 1 aliphatic heterocycles. The summed E-state index contributed by atoms with van der Waals surface area (Å²) in [4.78, 5) is 6.62. The first-order chi connectivity index (χ1) is 12.1. The van der Waals surface area contributed by atoms with E-state index in [4.69, 9.17) is 5.73 Å². The molecule has 3 heterocycles. The van der Waals surface area contributed by atoms with Crippen LogP contribution in [0.15, 0.2) is 23.6 Å². The SMILES string of the molecule is CN1CCC[C@@H](Nc2nnc(-c3ccc4sccc4c3O)c(N)n2)C1. The third-order valence-electron chi connectivity index (χ3n) is 4.53. The first-order valence-electron chi connectivity index (χ1n) is 8.26. The van der Waals surface area contributed by atoms with Gasteiger partial charge in [-0.05, 0) is 50.0 Å². The van der Waals surface area contributed by atoms with Gasteiger partial charge in [0.15, 0.2) is 5.82 Å². The number of piperidine rings is 1. The molecule has 25 heavy (non-hydrogen) atoms. The third kappa shape index (κ3) is 3.10. The molecular formula is C17H20N6OS. The predicted molar refractivity (Wildman–Crippen MR) is 101 cm³/mol. The summed E-state index contributed by atoms with van der Waals surface area (Å²) in [6.07, 6.45) is 2.22. The number of phenolic OH excluding ortho intramolecular Hbond substituents is 1. The van der Waals surface area contributed by atoms with Gasteiger partial charge in [0.05, 0.1) is 0 Å². The Hall–Kier alpha value is -2.45. The van der Waals surface area contributed by atoms with Crippen molar-refractivity contribution in [2.75, 3.05) is 31.2 Å². The second kappa shape index (κ2) is 6.45. The predicted octanol–water partition coefficient (Wildman–Crippen LogP) is 2.55. The van der Waals surface area contributed by atoms with Crippen molar-refractivity contribution in [2.24, 2.45) is 0 Å². The topological polar surface area (TPSA) is 100 Å². The van der Waals surface area contributed by atoms with E-state index in [-0.39, 0.29) is 11.6 Å². The van der Waals surface area contributed by atoms with Crippen molar-refractivity contribution >= 4 is 33.2 Å². The highest BCUT2D eigenvalue weighted by Gasteiger charge is 2.19. The molecule has 2 aromatic heterocycles. The van der Waals surface area contributed by atoms with E-state index < -0.39 is 0 Å². The van der Waals surface area contributed by atoms with Gasteiger partial charge in [-0.2, -0.15) is 4.98 Å². The number of aromatic nitrogens is 3. The van der Waals surface area contributed by atoms with Crippen molar-refractivity contribution in [3.05, 3.63) is 23.6 Å². The summed E-state index contributed by atoms with van der Waals surface area (Å²) in [5.41, 5.74) is 7.05. The molecule has 0 saturated carbocycles. The van der Waals surface area contributed by atoms with Crippen LogP contribution in [0, 0.1) is 0 Å². The van der Waals surface area contributed by atoms with Crippen molar-refractivity contribution in [3.63, 3.8) is 0 Å². The lowest BCUT2D eigenvalue weighted by molar-refractivity contribution is 0.260. The Bertz CT molecular complexity index is 911. The van der Waals surface area contributed by atoms with Crippen molar-refractivity contribution in [1.82, 2.24) is 20.1 Å². The molecule has 4 N–H and O–H groups in total. The summed E-state index contributed by atoms with van der Waals surface area (Å²) in [7, 11) is 2.10. The van der Waals surface area contributed by atoms with Crippen molar-refractivity contribution in [3.8, 4) is 17.0 Å². The summed E-state index contributed by atoms with van der Waals surface area (Å²) in [6, 6.07) is 5.92. The fourth-order valence-corrected chi connectivity index (χ4v) is 4.07. The van der Waals surface area contributed by atoms with E-state index in [2.05, 4.69) is 32.4 Å². The molecule has 1 aliphatic rings. The number of hydrogen-bond donors (Lipinski definition) is 3. The number of rotatable bonds is 3. The third-order valence-corrected chi connectivity index (χ3v) is 5.42. The monoisotopic (exact) mass is 356 g/mol. The fourth-order valence-electron chi connectivity index (χ4n) is 3.28. The Kier molecular flexibility index (Phi) is 4.14. The molecule has 4 rings (SSSR count). The highest BCUT2D eigenvalue weighted by Crippen LogP contribution is 2.38. The van der Waals surface area contributed by atoms with Crippen LogP contribution in [-0.2, 0) is 0 Å². The molecule has 0 bridgehead atoms. The molecule has 3 aromatic rings. The first kappa shape index (κ1) is 16.0. The van der Waals surface area contributed by atoms with Gasteiger partial charge in [0.2, 0.25) is 5.95 Å². The maximum absolute atomic E-state index is 10.5. The number of nitrogen functional groups attached to an aromatic ring is 1. The molecule has 0 aliphatic carbocycles. The molecule has 0 radical (unpaired) electrons. The van der Waals surface area contributed by atoms with Gasteiger partial charge in [-0.1, -0.05) is 0 Å². The summed E-state index contributed by atoms with van der Waals surface area (Å²) in [5, 5.41) is 24.9. The van der Waals surface area contributed by atoms with E-state index in [0.717, 1.165) is 36.0 Å². The van der Waals surface area contributed by atoms with E-state index in [0.29, 0.717) is 23.2 Å². The highest BCUT2D eigenvalue weighted by molar-refractivity contribution is 7.17. The van der Waals surface area contributed by atoms with Crippen LogP contribution in [-0.4, -0.2) is 51.4 Å². The average Bonchev–Trinajstić information content (AvgIpc) is 3.06. The van der Waals surface area contributed by atoms with E-state index >= 15 is 0 Å². The second-order valence-electron chi connectivity index (χ2n) is 6.41. The fraction of sp³-hybridized carbons (Fsp3) is 0.353. The van der Waals surface area contributed by atoms with Crippen LogP contribution in [0.5, 0.6) is 5.75 Å². The number of likely N-dealkylation sites (N-methyl/N-ethyl adjacent to an activating group) is 1. The lowest BCUT2D eigenvalue weighted by Crippen LogP contribution is -2.40. The minimum absolute atomic E-state index is 0.163. The van der Waals surface area contributed by atoms with Gasteiger partial charge in [-0.25, -0.2) is 0 Å². The van der Waals surface area contributed by atoms with Gasteiger partial charge < -0.3 is 21.1 Å². The van der Waals surface area contributed by atoms with Crippen LogP contribution in [0.4, 0.5) is 11.8 Å². The number of phenols is 1. The summed E-state index contributed by atoms with van der Waals surface area (Å²) < 4.78 is 1.01. The molecule has 8 heteroatoms. The zero-order valence-corrected chi connectivity index (χ0v) is 14.8. The summed E-state index contributed by atoms with van der Waals surface area (Å²) in [5.74, 6) is 0.848. The Morgan fingerprint density at radius 1 is 1.32 bits per heavy atom. The quantitative estimate of drug-likeness (QED) is 0.663. The molecule has 0 spiro atoms. The van der Waals surface area contributed by atoms with Crippen LogP contribution < -0.4 is 11.1 Å². The second-order valence-corrected chi connectivity index (χ2v) is 7.36. The van der Waals surface area contributed by atoms with Crippen molar-refractivity contribution in [1.29, 1.82) is 0 Å². The van der Waals surface area contributed by atoms with Crippen LogP contribution in [0.1, 0.15) is 12.8 Å². The molecule has 0 amide bonds. The van der Waals surface area contributed by atoms with Gasteiger partial charge in [0.25, 0.3) is 0 Å². The Labute approximate surface area is 149 Å². The van der Waals surface area contributed by atoms with Gasteiger partial charge in [0.1, 0.15) is 11.4 Å². The van der Waals surface area contributed by atoms with Crippen molar-refractivity contribution in [2.45, 2.75) is 18.9 Å². The molecular weight excluding hydrogens is 336 g/mol. The Balaban J connectivity index is 1.61. The molecule has 7 nitrogen and oxygen atoms in total. The molecule has 1 atom stereocenters. The van der Waals surface area contributed by atoms with E-state index in [9.17, 15) is 5.11 Å². The molecule has 130 valence electrons. The average molecular weight is 356 g/mol. The van der Waals surface area contributed by atoms with Crippen LogP contribution in [0.3, 0.4) is 0 Å². The summed E-state index contributed by atoms with van der Waals surface area (Å²) >= 11 is 1.57. The smallest absolute Gasteiger partial charge is 0.244 e. The number of likely N-dealkylation sites (tertiary alicyclic amines) is 1. The number of aromatic hydroxyl groups is 1. The molecule has 1 aromatic carbocycles. The van der Waals surface area contributed by atoms with E-state index in [1.54, 1.807) is 17.4 Å². The normalized spacial score (nSPS) is 18.5. The van der Waals surface area contributed by atoms with Gasteiger partial charge in [-0.15, -0.1) is 21.5 Å². The van der Waals surface area contributed by atoms with Crippen LogP contribution in [0.2, 0.25) is 0 Å². The number of hydrogen-bond acceptors (Lipinski definition) is 8.